The quantitative estimate of drug-likeness (QED) is 0.556. The van der Waals surface area contributed by atoms with E-state index in [2.05, 4.69) is 21.8 Å². The number of anilines is 1. The van der Waals surface area contributed by atoms with Gasteiger partial charge in [-0.1, -0.05) is 17.7 Å². The van der Waals surface area contributed by atoms with Crippen LogP contribution in [-0.2, 0) is 9.53 Å². The molecule has 0 aliphatic carbocycles. The number of rotatable bonds is 4. The van der Waals surface area contributed by atoms with Gasteiger partial charge < -0.3 is 15.4 Å². The molecule has 0 radical (unpaired) electrons. The molecule has 33 heavy (non-hydrogen) atoms. The van der Waals surface area contributed by atoms with Gasteiger partial charge in [-0.15, -0.1) is 17.5 Å². The van der Waals surface area contributed by atoms with Gasteiger partial charge in [0.05, 0.1) is 29.7 Å². The van der Waals surface area contributed by atoms with E-state index in [1.54, 1.807) is 43.3 Å². The van der Waals surface area contributed by atoms with Crippen LogP contribution in [0.5, 0.6) is 0 Å². The maximum atomic E-state index is 12.8. The van der Waals surface area contributed by atoms with Crippen LogP contribution < -0.4 is 10.6 Å². The van der Waals surface area contributed by atoms with E-state index in [-0.39, 0.29) is 36.7 Å². The van der Waals surface area contributed by atoms with E-state index < -0.39 is 6.09 Å². The van der Waals surface area contributed by atoms with Crippen LogP contribution in [0.2, 0.25) is 5.02 Å². The molecular weight excluding hydrogens is 465 g/mol. The smallest absolute Gasteiger partial charge is 0.435 e. The molecule has 1 atom stereocenters. The summed E-state index contributed by atoms with van der Waals surface area (Å²) < 4.78 is 6.26. The Morgan fingerprint density at radius 1 is 1.33 bits per heavy atom. The van der Waals surface area contributed by atoms with E-state index in [0.29, 0.717) is 33.6 Å². The summed E-state index contributed by atoms with van der Waals surface area (Å²) in [5, 5.41) is 20.8. The second kappa shape index (κ2) is 10.7. The highest BCUT2D eigenvalue weighted by molar-refractivity contribution is 6.33. The van der Waals surface area contributed by atoms with Crippen LogP contribution in [0.25, 0.3) is 22.0 Å². The van der Waals surface area contributed by atoms with Crippen molar-refractivity contribution in [2.45, 2.75) is 19.8 Å². The molecular formula is C23H23Cl2N5O3. The lowest BCUT2D eigenvalue weighted by molar-refractivity contribution is -0.120. The molecule has 2 aromatic carbocycles. The molecule has 1 saturated heterocycles. The molecule has 8 nitrogen and oxygen atoms in total. The standard InChI is InChI=1S/C23H22ClN5O3.ClH/c1-2-32-23(31)29-20-8-6-15(17-10-14(12-25)5-7-19(17)24)11-18(20)21(28-29)27-22(30)16-4-3-9-26-13-16;/h5-8,10-11,16,26H,2-4,9,13H2,1H3,(H,27,28,30);1H/t16-;/m1./s1. The minimum absolute atomic E-state index is 0. The molecule has 1 aromatic heterocycles. The molecule has 4 rings (SSSR count). The summed E-state index contributed by atoms with van der Waals surface area (Å²) in [6.45, 7) is 3.41. The number of ether oxygens (including phenoxy) is 1. The van der Waals surface area contributed by atoms with Crippen molar-refractivity contribution in [1.82, 2.24) is 15.1 Å². The molecule has 0 bridgehead atoms. The summed E-state index contributed by atoms with van der Waals surface area (Å²) in [5.41, 5.74) is 2.38. The summed E-state index contributed by atoms with van der Waals surface area (Å²) in [6, 6.07) is 12.4. The van der Waals surface area contributed by atoms with Gasteiger partial charge in [-0.3, -0.25) is 4.79 Å². The minimum atomic E-state index is -0.630. The van der Waals surface area contributed by atoms with Gasteiger partial charge in [0.25, 0.3) is 0 Å². The Labute approximate surface area is 202 Å². The fraction of sp³-hybridized carbons (Fsp3) is 0.304. The molecule has 1 amide bonds. The third-order valence-electron chi connectivity index (χ3n) is 5.44. The lowest BCUT2D eigenvalue weighted by Gasteiger charge is -2.21. The van der Waals surface area contributed by atoms with Crippen molar-refractivity contribution in [3.8, 4) is 17.2 Å². The third kappa shape index (κ3) is 5.11. The van der Waals surface area contributed by atoms with Gasteiger partial charge in [0.15, 0.2) is 5.82 Å². The van der Waals surface area contributed by atoms with Gasteiger partial charge in [0.2, 0.25) is 5.91 Å². The third-order valence-corrected chi connectivity index (χ3v) is 5.77. The van der Waals surface area contributed by atoms with E-state index >= 15 is 0 Å². The number of piperidine rings is 1. The highest BCUT2D eigenvalue weighted by atomic mass is 35.5. The van der Waals surface area contributed by atoms with Gasteiger partial charge in [0, 0.05) is 22.5 Å². The zero-order chi connectivity index (χ0) is 22.7. The van der Waals surface area contributed by atoms with E-state index in [1.165, 1.54) is 0 Å². The zero-order valence-corrected chi connectivity index (χ0v) is 19.5. The highest BCUT2D eigenvalue weighted by Gasteiger charge is 2.24. The van der Waals surface area contributed by atoms with Crippen molar-refractivity contribution in [2.24, 2.45) is 5.92 Å². The summed E-state index contributed by atoms with van der Waals surface area (Å²) in [5.74, 6) is -0.0444. The Balaban J connectivity index is 0.00000306. The molecule has 0 unspecified atom stereocenters. The van der Waals surface area contributed by atoms with Crippen molar-refractivity contribution < 1.29 is 14.3 Å². The summed E-state index contributed by atoms with van der Waals surface area (Å²) in [4.78, 5) is 25.3. The lowest BCUT2D eigenvalue weighted by atomic mass is 9.98. The van der Waals surface area contributed by atoms with Crippen molar-refractivity contribution in [3.63, 3.8) is 0 Å². The maximum Gasteiger partial charge on any atom is 0.435 e. The normalized spacial score (nSPS) is 15.4. The SMILES string of the molecule is CCOC(=O)n1nc(NC(=O)[C@@H]2CCCNC2)c2cc(-c3cc(C#N)ccc3Cl)ccc21.Cl. The Kier molecular flexibility index (Phi) is 7.92. The number of halogens is 2. The van der Waals surface area contributed by atoms with Crippen molar-refractivity contribution in [3.05, 3.63) is 47.0 Å². The summed E-state index contributed by atoms with van der Waals surface area (Å²) in [7, 11) is 0. The number of carbonyl (C=O) groups is 2. The number of hydrogen-bond donors (Lipinski definition) is 2. The van der Waals surface area contributed by atoms with Crippen molar-refractivity contribution in [1.29, 1.82) is 5.26 Å². The van der Waals surface area contributed by atoms with Gasteiger partial charge in [-0.25, -0.2) is 4.79 Å². The first-order valence-corrected chi connectivity index (χ1v) is 10.8. The first-order chi connectivity index (χ1) is 15.5. The first kappa shape index (κ1) is 24.5. The van der Waals surface area contributed by atoms with Crippen molar-refractivity contribution >= 4 is 52.7 Å². The van der Waals surface area contributed by atoms with E-state index in [9.17, 15) is 14.9 Å². The number of carbonyl (C=O) groups excluding carboxylic acids is 2. The summed E-state index contributed by atoms with van der Waals surface area (Å²) in [6.07, 6.45) is 1.08. The molecule has 3 aromatic rings. The number of amides is 1. The molecule has 1 fully saturated rings. The predicted molar refractivity (Wildman–Crippen MR) is 129 cm³/mol. The fourth-order valence-corrected chi connectivity index (χ4v) is 4.04. The van der Waals surface area contributed by atoms with E-state index in [0.717, 1.165) is 29.6 Å². The Morgan fingerprint density at radius 2 is 2.15 bits per heavy atom. The van der Waals surface area contributed by atoms with Gasteiger partial charge in [-0.2, -0.15) is 9.94 Å². The number of aromatic nitrogens is 2. The number of benzene rings is 2. The van der Waals surface area contributed by atoms with Crippen LogP contribution in [0.15, 0.2) is 36.4 Å². The molecule has 2 heterocycles. The largest absolute Gasteiger partial charge is 0.448 e. The number of nitrogens with zero attached hydrogens (tertiary/aromatic N) is 3. The van der Waals surface area contributed by atoms with E-state index in [4.69, 9.17) is 16.3 Å². The van der Waals surface area contributed by atoms with Crippen LogP contribution in [0, 0.1) is 17.2 Å². The molecule has 172 valence electrons. The van der Waals surface area contributed by atoms with Crippen molar-refractivity contribution in [2.75, 3.05) is 25.0 Å². The highest BCUT2D eigenvalue weighted by Crippen LogP contribution is 2.33. The predicted octanol–water partition coefficient (Wildman–Crippen LogP) is 4.59. The molecule has 0 saturated carbocycles. The van der Waals surface area contributed by atoms with Gasteiger partial charge in [-0.05, 0) is 62.2 Å². The van der Waals surface area contributed by atoms with Crippen LogP contribution in [-0.4, -0.2) is 41.5 Å². The molecule has 1 aliphatic heterocycles. The Morgan fingerprint density at radius 3 is 2.85 bits per heavy atom. The first-order valence-electron chi connectivity index (χ1n) is 10.4. The van der Waals surface area contributed by atoms with Gasteiger partial charge >= 0.3 is 6.09 Å². The fourth-order valence-electron chi connectivity index (χ4n) is 3.81. The number of nitrogens with one attached hydrogen (secondary N) is 2. The maximum absolute atomic E-state index is 12.8. The second-order valence-corrected chi connectivity index (χ2v) is 7.94. The number of nitriles is 1. The second-order valence-electron chi connectivity index (χ2n) is 7.53. The topological polar surface area (TPSA) is 109 Å². The average Bonchev–Trinajstić information content (AvgIpc) is 3.18. The molecule has 1 aliphatic rings. The lowest BCUT2D eigenvalue weighted by Crippen LogP contribution is -2.37. The Bertz CT molecular complexity index is 1230. The minimum Gasteiger partial charge on any atom is -0.448 e. The van der Waals surface area contributed by atoms with Crippen LogP contribution in [0.1, 0.15) is 25.3 Å². The Hall–Kier alpha value is -3.12. The van der Waals surface area contributed by atoms with E-state index in [1.807, 2.05) is 0 Å². The average molecular weight is 488 g/mol. The molecule has 0 spiro atoms. The monoisotopic (exact) mass is 487 g/mol. The molecule has 2 N–H and O–H groups in total. The van der Waals surface area contributed by atoms with Crippen LogP contribution >= 0.6 is 24.0 Å². The van der Waals surface area contributed by atoms with Gasteiger partial charge in [0.1, 0.15) is 0 Å². The number of fused-ring (bicyclic) bond motifs is 1. The zero-order valence-electron chi connectivity index (χ0n) is 17.9. The summed E-state index contributed by atoms with van der Waals surface area (Å²) >= 11 is 6.38. The molecule has 10 heteroatoms. The van der Waals surface area contributed by atoms with Crippen LogP contribution in [0.3, 0.4) is 0 Å². The number of hydrogen-bond acceptors (Lipinski definition) is 6. The van der Waals surface area contributed by atoms with Crippen LogP contribution in [0.4, 0.5) is 10.6 Å².